The van der Waals surface area contributed by atoms with Gasteiger partial charge in [0.2, 0.25) is 11.7 Å². The summed E-state index contributed by atoms with van der Waals surface area (Å²) < 4.78 is 7.50. The zero-order chi connectivity index (χ0) is 23.5. The Morgan fingerprint density at radius 3 is 2.62 bits per heavy atom. The minimum atomic E-state index is -0.293. The van der Waals surface area contributed by atoms with E-state index in [9.17, 15) is 9.59 Å². The molecule has 1 fully saturated rings. The standard InChI is InChI=1S/C23H22N6O3S2/c24-20(30)15-8-10-28(11-9-15)22(31)17-13-33-19(25-17)14-34-23-27-26-21(18-7-4-12-32-18)29(23)16-5-2-1-3-6-16/h1-7,12-13,15H,8-11,14H2,(H2,24,30). The van der Waals surface area contributed by atoms with Gasteiger partial charge in [-0.15, -0.1) is 21.5 Å². The minimum Gasteiger partial charge on any atom is -0.461 e. The van der Waals surface area contributed by atoms with Gasteiger partial charge in [-0.25, -0.2) is 4.98 Å². The number of benzene rings is 1. The first-order valence-electron chi connectivity index (χ1n) is 10.8. The van der Waals surface area contributed by atoms with E-state index in [1.165, 1.54) is 23.1 Å². The average molecular weight is 495 g/mol. The first kappa shape index (κ1) is 22.4. The number of carbonyl (C=O) groups is 2. The first-order valence-corrected chi connectivity index (χ1v) is 12.7. The highest BCUT2D eigenvalue weighted by molar-refractivity contribution is 7.98. The lowest BCUT2D eigenvalue weighted by Crippen LogP contribution is -2.41. The van der Waals surface area contributed by atoms with Crippen LogP contribution in [0, 0.1) is 5.92 Å². The van der Waals surface area contributed by atoms with Crippen molar-refractivity contribution in [2.45, 2.75) is 23.8 Å². The molecule has 2 amide bonds. The van der Waals surface area contributed by atoms with Gasteiger partial charge in [-0.05, 0) is 37.1 Å². The van der Waals surface area contributed by atoms with Gasteiger partial charge in [-0.2, -0.15) is 0 Å². The van der Waals surface area contributed by atoms with Gasteiger partial charge < -0.3 is 15.1 Å². The number of piperidine rings is 1. The van der Waals surface area contributed by atoms with Crippen LogP contribution in [0.3, 0.4) is 0 Å². The van der Waals surface area contributed by atoms with Gasteiger partial charge >= 0.3 is 0 Å². The highest BCUT2D eigenvalue weighted by atomic mass is 32.2. The van der Waals surface area contributed by atoms with Crippen molar-refractivity contribution in [3.63, 3.8) is 0 Å². The molecule has 0 bridgehead atoms. The van der Waals surface area contributed by atoms with Gasteiger partial charge in [0.25, 0.3) is 5.91 Å². The normalized spacial score (nSPS) is 14.4. The molecule has 0 unspecified atom stereocenters. The summed E-state index contributed by atoms with van der Waals surface area (Å²) in [7, 11) is 0. The summed E-state index contributed by atoms with van der Waals surface area (Å²) in [6, 6.07) is 13.5. The van der Waals surface area contributed by atoms with Crippen LogP contribution in [0.4, 0.5) is 0 Å². The summed E-state index contributed by atoms with van der Waals surface area (Å²) >= 11 is 2.94. The van der Waals surface area contributed by atoms with Gasteiger partial charge in [0, 0.05) is 30.1 Å². The van der Waals surface area contributed by atoms with Crippen molar-refractivity contribution >= 4 is 34.9 Å². The van der Waals surface area contributed by atoms with Gasteiger partial charge in [-0.1, -0.05) is 30.0 Å². The van der Waals surface area contributed by atoms with Crippen LogP contribution in [0.15, 0.2) is 63.7 Å². The number of nitrogens with two attached hydrogens (primary N) is 1. The van der Waals surface area contributed by atoms with Crippen molar-refractivity contribution in [1.82, 2.24) is 24.6 Å². The summed E-state index contributed by atoms with van der Waals surface area (Å²) in [4.78, 5) is 30.5. The lowest BCUT2D eigenvalue weighted by Gasteiger charge is -2.30. The second-order valence-corrected chi connectivity index (χ2v) is 9.72. The van der Waals surface area contributed by atoms with E-state index in [0.717, 1.165) is 10.7 Å². The minimum absolute atomic E-state index is 0.108. The Bertz CT molecular complexity index is 1280. The molecule has 34 heavy (non-hydrogen) atoms. The largest absolute Gasteiger partial charge is 0.461 e. The number of amides is 2. The molecule has 1 aromatic carbocycles. The molecule has 1 saturated heterocycles. The maximum absolute atomic E-state index is 12.8. The molecule has 0 saturated carbocycles. The predicted octanol–water partition coefficient (Wildman–Crippen LogP) is 3.61. The van der Waals surface area contributed by atoms with E-state index in [1.54, 1.807) is 16.5 Å². The van der Waals surface area contributed by atoms with Crippen molar-refractivity contribution in [1.29, 1.82) is 0 Å². The molecule has 0 radical (unpaired) electrons. The molecule has 0 aliphatic carbocycles. The maximum Gasteiger partial charge on any atom is 0.273 e. The Labute approximate surface area is 204 Å². The Balaban J connectivity index is 1.29. The number of rotatable bonds is 7. The fourth-order valence-electron chi connectivity index (χ4n) is 3.87. The molecule has 1 aliphatic heterocycles. The zero-order valence-electron chi connectivity index (χ0n) is 18.2. The van der Waals surface area contributed by atoms with Crippen LogP contribution in [0.1, 0.15) is 28.3 Å². The smallest absolute Gasteiger partial charge is 0.273 e. The molecular weight excluding hydrogens is 472 g/mol. The third-order valence-electron chi connectivity index (χ3n) is 5.67. The number of likely N-dealkylation sites (tertiary alicyclic amines) is 1. The number of hydrogen-bond acceptors (Lipinski definition) is 8. The van der Waals surface area contributed by atoms with Crippen LogP contribution < -0.4 is 5.73 Å². The third kappa shape index (κ3) is 4.62. The topological polar surface area (TPSA) is 120 Å². The number of hydrogen-bond donors (Lipinski definition) is 1. The van der Waals surface area contributed by atoms with Crippen LogP contribution in [0.5, 0.6) is 0 Å². The molecule has 9 nitrogen and oxygen atoms in total. The quantitative estimate of drug-likeness (QED) is 0.390. The number of thioether (sulfide) groups is 1. The maximum atomic E-state index is 12.8. The first-order chi connectivity index (χ1) is 16.6. The predicted molar refractivity (Wildman–Crippen MR) is 129 cm³/mol. The van der Waals surface area contributed by atoms with Crippen molar-refractivity contribution < 1.29 is 14.0 Å². The van der Waals surface area contributed by atoms with E-state index < -0.39 is 0 Å². The van der Waals surface area contributed by atoms with E-state index in [4.69, 9.17) is 10.2 Å². The number of aromatic nitrogens is 4. The summed E-state index contributed by atoms with van der Waals surface area (Å²) in [5, 5.41) is 12.0. The van der Waals surface area contributed by atoms with E-state index in [0.29, 0.717) is 54.1 Å². The molecule has 5 rings (SSSR count). The molecule has 1 aliphatic rings. The SMILES string of the molecule is NC(=O)C1CCN(C(=O)c2csc(CSc3nnc(-c4ccco4)n3-c3ccccc3)n2)CC1. The van der Waals surface area contributed by atoms with Crippen molar-refractivity contribution in [2.75, 3.05) is 13.1 Å². The van der Waals surface area contributed by atoms with Gasteiger partial charge in [0.1, 0.15) is 10.7 Å². The molecule has 3 aromatic heterocycles. The molecule has 0 spiro atoms. The summed E-state index contributed by atoms with van der Waals surface area (Å²) in [6.07, 6.45) is 2.80. The molecule has 11 heteroatoms. The lowest BCUT2D eigenvalue weighted by atomic mass is 9.96. The molecule has 0 atom stereocenters. The number of carbonyl (C=O) groups excluding carboxylic acids is 2. The number of para-hydroxylation sites is 1. The number of thiazole rings is 1. The molecule has 4 aromatic rings. The highest BCUT2D eigenvalue weighted by Crippen LogP contribution is 2.30. The Hall–Kier alpha value is -3.44. The number of furan rings is 1. The number of nitrogens with zero attached hydrogens (tertiary/aromatic N) is 5. The summed E-state index contributed by atoms with van der Waals surface area (Å²) in [5.41, 5.74) is 6.75. The molecular formula is C23H22N6O3S2. The second kappa shape index (κ2) is 9.82. The molecule has 174 valence electrons. The van der Waals surface area contributed by atoms with Crippen molar-refractivity contribution in [3.8, 4) is 17.3 Å². The summed E-state index contributed by atoms with van der Waals surface area (Å²) in [5.74, 6) is 1.24. The van der Waals surface area contributed by atoms with Crippen LogP contribution in [0.2, 0.25) is 0 Å². The highest BCUT2D eigenvalue weighted by Gasteiger charge is 2.27. The molecule has 4 heterocycles. The molecule has 2 N–H and O–H groups in total. The Kier molecular flexibility index (Phi) is 6.45. The van der Waals surface area contributed by atoms with Gasteiger partial charge in [0.05, 0.1) is 12.0 Å². The number of primary amides is 1. The Morgan fingerprint density at radius 1 is 1.12 bits per heavy atom. The van der Waals surface area contributed by atoms with Crippen LogP contribution in [-0.2, 0) is 10.5 Å². The average Bonchev–Trinajstić information content (AvgIpc) is 3.63. The van der Waals surface area contributed by atoms with Crippen LogP contribution >= 0.6 is 23.1 Å². The van der Waals surface area contributed by atoms with Crippen LogP contribution in [-0.4, -0.2) is 49.6 Å². The van der Waals surface area contributed by atoms with Gasteiger partial charge in [-0.3, -0.25) is 14.2 Å². The summed E-state index contributed by atoms with van der Waals surface area (Å²) in [6.45, 7) is 1.04. The third-order valence-corrected chi connectivity index (χ3v) is 7.64. The van der Waals surface area contributed by atoms with Crippen molar-refractivity contribution in [2.24, 2.45) is 11.7 Å². The van der Waals surface area contributed by atoms with Gasteiger partial charge in [0.15, 0.2) is 10.9 Å². The van der Waals surface area contributed by atoms with E-state index in [1.807, 2.05) is 47.0 Å². The van der Waals surface area contributed by atoms with Crippen LogP contribution in [0.25, 0.3) is 17.3 Å². The van der Waals surface area contributed by atoms with E-state index in [2.05, 4.69) is 15.2 Å². The second-order valence-electron chi connectivity index (χ2n) is 7.84. The van der Waals surface area contributed by atoms with E-state index in [-0.39, 0.29) is 17.7 Å². The fourth-order valence-corrected chi connectivity index (χ4v) is 5.61. The Morgan fingerprint density at radius 2 is 1.91 bits per heavy atom. The lowest BCUT2D eigenvalue weighted by molar-refractivity contribution is -0.123. The monoisotopic (exact) mass is 494 g/mol. The van der Waals surface area contributed by atoms with E-state index >= 15 is 0 Å². The zero-order valence-corrected chi connectivity index (χ0v) is 19.8. The fraction of sp³-hybridized carbons (Fsp3) is 0.261. The van der Waals surface area contributed by atoms with Crippen molar-refractivity contribution in [3.05, 3.63) is 64.8 Å².